The van der Waals surface area contributed by atoms with Gasteiger partial charge in [-0.25, -0.2) is 0 Å². The molecule has 2 aromatic rings. The Morgan fingerprint density at radius 1 is 1.18 bits per heavy atom. The van der Waals surface area contributed by atoms with Crippen LogP contribution in [0.25, 0.3) is 10.8 Å². The molecule has 0 aromatic heterocycles. The molecule has 0 unspecified atom stereocenters. The summed E-state index contributed by atoms with van der Waals surface area (Å²) in [6.45, 7) is 0. The quantitative estimate of drug-likeness (QED) is 0.871. The minimum absolute atomic E-state index is 0.122. The molecular weight excluding hydrogens is 212 g/mol. The molecule has 2 aromatic carbocycles. The Labute approximate surface area is 99.7 Å². The van der Waals surface area contributed by atoms with Crippen molar-refractivity contribution in [3.8, 4) is 6.07 Å². The number of rotatable bonds is 3. The van der Waals surface area contributed by atoms with Crippen molar-refractivity contribution in [1.29, 1.82) is 5.26 Å². The molecule has 0 aliphatic carbocycles. The van der Waals surface area contributed by atoms with Gasteiger partial charge in [0.05, 0.1) is 6.07 Å². The number of nitrogens with one attached hydrogen (secondary N) is 1. The molecule has 0 bridgehead atoms. The summed E-state index contributed by atoms with van der Waals surface area (Å²) in [6, 6.07) is 15.6. The van der Waals surface area contributed by atoms with Gasteiger partial charge in [-0.05, 0) is 11.5 Å². The summed E-state index contributed by atoms with van der Waals surface area (Å²) >= 11 is 0. The maximum atomic E-state index is 11.6. The van der Waals surface area contributed by atoms with Crippen molar-refractivity contribution in [3.63, 3.8) is 0 Å². The Kier molecular flexibility index (Phi) is 3.37. The zero-order valence-corrected chi connectivity index (χ0v) is 9.31. The highest BCUT2D eigenvalue weighted by Gasteiger charge is 2.04. The number of carbonyl (C=O) groups is 1. The summed E-state index contributed by atoms with van der Waals surface area (Å²) in [5.41, 5.74) is 0.797. The van der Waals surface area contributed by atoms with Crippen LogP contribution in [-0.2, 0) is 4.79 Å². The van der Waals surface area contributed by atoms with Crippen LogP contribution in [0.3, 0.4) is 0 Å². The first kappa shape index (κ1) is 11.2. The highest BCUT2D eigenvalue weighted by atomic mass is 16.1. The van der Waals surface area contributed by atoms with Crippen molar-refractivity contribution in [2.75, 3.05) is 5.32 Å². The first-order valence-electron chi connectivity index (χ1n) is 5.46. The fourth-order valence-electron chi connectivity index (χ4n) is 1.72. The zero-order valence-electron chi connectivity index (χ0n) is 9.31. The molecule has 3 nitrogen and oxygen atoms in total. The van der Waals surface area contributed by atoms with Gasteiger partial charge < -0.3 is 5.32 Å². The third-order valence-electron chi connectivity index (χ3n) is 2.53. The summed E-state index contributed by atoms with van der Waals surface area (Å²) in [6.07, 6.45) is 0.482. The van der Waals surface area contributed by atoms with Gasteiger partial charge in [0, 0.05) is 23.9 Å². The molecule has 0 radical (unpaired) electrons. The van der Waals surface area contributed by atoms with Crippen molar-refractivity contribution in [3.05, 3.63) is 42.5 Å². The van der Waals surface area contributed by atoms with Crippen molar-refractivity contribution in [1.82, 2.24) is 0 Å². The highest BCUT2D eigenvalue weighted by molar-refractivity contribution is 6.02. The van der Waals surface area contributed by atoms with Gasteiger partial charge in [-0.15, -0.1) is 0 Å². The second-order valence-corrected chi connectivity index (χ2v) is 3.73. The predicted octanol–water partition coefficient (Wildman–Crippen LogP) is 3.08. The summed E-state index contributed by atoms with van der Waals surface area (Å²) in [7, 11) is 0. The van der Waals surface area contributed by atoms with Crippen LogP contribution in [-0.4, -0.2) is 5.91 Å². The maximum absolute atomic E-state index is 11.6. The van der Waals surface area contributed by atoms with Crippen molar-refractivity contribution < 1.29 is 4.79 Å². The van der Waals surface area contributed by atoms with E-state index in [1.807, 2.05) is 48.5 Å². The molecule has 0 fully saturated rings. The smallest absolute Gasteiger partial charge is 0.225 e. The molecule has 1 amide bonds. The van der Waals surface area contributed by atoms with E-state index in [0.717, 1.165) is 16.5 Å². The van der Waals surface area contributed by atoms with Gasteiger partial charge in [0.2, 0.25) is 5.91 Å². The average molecular weight is 224 g/mol. The Hall–Kier alpha value is -2.34. The number of nitrogens with zero attached hydrogens (tertiary/aromatic N) is 1. The molecule has 84 valence electrons. The lowest BCUT2D eigenvalue weighted by Crippen LogP contribution is -2.10. The van der Waals surface area contributed by atoms with Gasteiger partial charge in [0.25, 0.3) is 0 Å². The second-order valence-electron chi connectivity index (χ2n) is 3.73. The molecule has 3 heteroatoms. The fraction of sp³-hybridized carbons (Fsp3) is 0.143. The van der Waals surface area contributed by atoms with Gasteiger partial charge >= 0.3 is 0 Å². The van der Waals surface area contributed by atoms with E-state index < -0.39 is 0 Å². The van der Waals surface area contributed by atoms with Crippen LogP contribution in [0.1, 0.15) is 12.8 Å². The zero-order chi connectivity index (χ0) is 12.1. The summed E-state index contributed by atoms with van der Waals surface area (Å²) in [4.78, 5) is 11.6. The fourth-order valence-corrected chi connectivity index (χ4v) is 1.72. The Morgan fingerprint density at radius 3 is 2.76 bits per heavy atom. The van der Waals surface area contributed by atoms with Gasteiger partial charge in [0.15, 0.2) is 0 Å². The highest BCUT2D eigenvalue weighted by Crippen LogP contribution is 2.22. The van der Waals surface area contributed by atoms with E-state index in [1.165, 1.54) is 0 Å². The van der Waals surface area contributed by atoms with Crippen molar-refractivity contribution >= 4 is 22.4 Å². The van der Waals surface area contributed by atoms with E-state index in [4.69, 9.17) is 5.26 Å². The van der Waals surface area contributed by atoms with Crippen LogP contribution in [0, 0.1) is 11.3 Å². The van der Waals surface area contributed by atoms with Crippen LogP contribution in [0.5, 0.6) is 0 Å². The summed E-state index contributed by atoms with van der Waals surface area (Å²) in [5.74, 6) is -0.122. The van der Waals surface area contributed by atoms with E-state index in [9.17, 15) is 4.79 Å². The molecule has 0 heterocycles. The number of amides is 1. The van der Waals surface area contributed by atoms with Crippen LogP contribution < -0.4 is 5.32 Å². The lowest BCUT2D eigenvalue weighted by molar-refractivity contribution is -0.116. The Balaban J connectivity index is 2.24. The summed E-state index contributed by atoms with van der Waals surface area (Å²) < 4.78 is 0. The van der Waals surface area contributed by atoms with E-state index in [0.29, 0.717) is 0 Å². The van der Waals surface area contributed by atoms with Gasteiger partial charge in [-0.2, -0.15) is 5.26 Å². The van der Waals surface area contributed by atoms with Crippen molar-refractivity contribution in [2.45, 2.75) is 12.8 Å². The van der Waals surface area contributed by atoms with Gasteiger partial charge in [-0.3, -0.25) is 4.79 Å². The van der Waals surface area contributed by atoms with Gasteiger partial charge in [0.1, 0.15) is 0 Å². The number of fused-ring (bicyclic) bond motifs is 1. The Morgan fingerprint density at radius 2 is 1.94 bits per heavy atom. The topological polar surface area (TPSA) is 52.9 Å². The van der Waals surface area contributed by atoms with E-state index >= 15 is 0 Å². The first-order valence-corrected chi connectivity index (χ1v) is 5.46. The van der Waals surface area contributed by atoms with Crippen LogP contribution in [0.15, 0.2) is 42.5 Å². The van der Waals surface area contributed by atoms with Crippen LogP contribution in [0.4, 0.5) is 5.69 Å². The number of benzene rings is 2. The molecule has 0 saturated heterocycles. The molecule has 2 rings (SSSR count). The first-order chi connectivity index (χ1) is 8.31. The summed E-state index contributed by atoms with van der Waals surface area (Å²) in [5, 5.41) is 13.4. The molecule has 0 aliphatic heterocycles. The normalized spacial score (nSPS) is 9.82. The minimum Gasteiger partial charge on any atom is -0.325 e. The van der Waals surface area contributed by atoms with Gasteiger partial charge in [-0.1, -0.05) is 36.4 Å². The van der Waals surface area contributed by atoms with E-state index in [-0.39, 0.29) is 18.7 Å². The number of hydrogen-bond acceptors (Lipinski definition) is 2. The molecule has 0 atom stereocenters. The van der Waals surface area contributed by atoms with Crippen LogP contribution in [0.2, 0.25) is 0 Å². The van der Waals surface area contributed by atoms with E-state index in [2.05, 4.69) is 5.32 Å². The third-order valence-corrected chi connectivity index (χ3v) is 2.53. The monoisotopic (exact) mass is 224 g/mol. The number of carbonyl (C=O) groups excluding carboxylic acids is 1. The predicted molar refractivity (Wildman–Crippen MR) is 67.4 cm³/mol. The third kappa shape index (κ3) is 2.61. The molecule has 0 saturated carbocycles. The molecule has 0 aliphatic rings. The van der Waals surface area contributed by atoms with Crippen LogP contribution >= 0.6 is 0 Å². The molecule has 1 N–H and O–H groups in total. The van der Waals surface area contributed by atoms with Crippen molar-refractivity contribution in [2.24, 2.45) is 0 Å². The number of hydrogen-bond donors (Lipinski definition) is 1. The SMILES string of the molecule is N#CCCC(=O)Nc1cccc2ccccc12. The molecule has 17 heavy (non-hydrogen) atoms. The molecular formula is C14H12N2O. The lowest BCUT2D eigenvalue weighted by Gasteiger charge is -2.07. The number of anilines is 1. The lowest BCUT2D eigenvalue weighted by atomic mass is 10.1. The standard InChI is InChI=1S/C14H12N2O/c15-10-4-9-14(17)16-13-8-3-6-11-5-1-2-7-12(11)13/h1-3,5-8H,4,9H2,(H,16,17). The number of nitriles is 1. The Bertz CT molecular complexity index is 579. The maximum Gasteiger partial charge on any atom is 0.225 e. The average Bonchev–Trinajstić information content (AvgIpc) is 2.37. The molecule has 0 spiro atoms. The largest absolute Gasteiger partial charge is 0.325 e. The minimum atomic E-state index is -0.122. The second kappa shape index (κ2) is 5.13. The van der Waals surface area contributed by atoms with E-state index in [1.54, 1.807) is 0 Å².